The maximum atomic E-state index is 12.4. The third-order valence-corrected chi connectivity index (χ3v) is 6.67. The first-order valence-electron chi connectivity index (χ1n) is 8.30. The highest BCUT2D eigenvalue weighted by molar-refractivity contribution is 7.89. The second kappa shape index (κ2) is 10.2. The van der Waals surface area contributed by atoms with Gasteiger partial charge in [-0.15, -0.1) is 0 Å². The molecule has 1 aliphatic rings. The minimum Gasteiger partial charge on any atom is -0.480 e. The van der Waals surface area contributed by atoms with Crippen molar-refractivity contribution in [2.24, 2.45) is 0 Å². The van der Waals surface area contributed by atoms with Crippen LogP contribution in [0.25, 0.3) is 0 Å². The third kappa shape index (κ3) is 7.61. The summed E-state index contributed by atoms with van der Waals surface area (Å²) in [5, 5.41) is 17.0. The van der Waals surface area contributed by atoms with E-state index in [4.69, 9.17) is 21.5 Å². The quantitative estimate of drug-likeness (QED) is 0.464. The molecule has 1 aromatic carbocycles. The number of carbonyl (C=O) groups is 2. The summed E-state index contributed by atoms with van der Waals surface area (Å²) in [7, 11) is -2.04. The van der Waals surface area contributed by atoms with Crippen LogP contribution in [0.2, 0.25) is 5.02 Å². The molecule has 0 unspecified atom stereocenters. The number of hydrogen-bond donors (Lipinski definition) is 4. The van der Waals surface area contributed by atoms with Crippen LogP contribution in [0, 0.1) is 0 Å². The van der Waals surface area contributed by atoms with Gasteiger partial charge in [0.2, 0.25) is 10.0 Å². The van der Waals surface area contributed by atoms with Gasteiger partial charge in [-0.25, -0.2) is 13.2 Å². The molecule has 1 saturated heterocycles. The molecule has 0 radical (unpaired) electrons. The lowest BCUT2D eigenvalue weighted by molar-refractivity contribution is -0.192. The van der Waals surface area contributed by atoms with E-state index in [1.165, 1.54) is 24.3 Å². The zero-order valence-electron chi connectivity index (χ0n) is 15.6. The summed E-state index contributed by atoms with van der Waals surface area (Å²) in [6, 6.07) is 4.25. The highest BCUT2D eigenvalue weighted by Crippen LogP contribution is 2.33. The monoisotopic (exact) mass is 492 g/mol. The summed E-state index contributed by atoms with van der Waals surface area (Å²) in [5.41, 5.74) is 0. The highest BCUT2D eigenvalue weighted by Gasteiger charge is 2.44. The Labute approximate surface area is 181 Å². The Balaban J connectivity index is 0.000000553. The van der Waals surface area contributed by atoms with E-state index in [1.54, 1.807) is 0 Å². The molecule has 3 N–H and O–H groups in total. The van der Waals surface area contributed by atoms with Crippen LogP contribution in [-0.2, 0) is 19.6 Å². The van der Waals surface area contributed by atoms with Crippen molar-refractivity contribution < 1.29 is 41.4 Å². The number of alkyl halides is 3. The number of hydrogen-bond acceptors (Lipinski definition) is 6. The number of rotatable bonds is 5. The molecule has 2 rings (SSSR count). The first-order chi connectivity index (χ1) is 13.6. The largest absolute Gasteiger partial charge is 0.490 e. The number of nitrogens with zero attached hydrogens (tertiary/aromatic N) is 1. The third-order valence-electron chi connectivity index (χ3n) is 4.28. The first kappa shape index (κ1) is 26.5. The summed E-state index contributed by atoms with van der Waals surface area (Å²) in [5.74, 6) is -3.99. The molecule has 1 aromatic rings. The molecule has 0 aliphatic carbocycles. The predicted molar refractivity (Wildman–Crippen MR) is 105 cm³/mol. The van der Waals surface area contributed by atoms with Gasteiger partial charge in [0.1, 0.15) is 6.04 Å². The summed E-state index contributed by atoms with van der Waals surface area (Å²) in [6.45, 7) is 1.33. The van der Waals surface area contributed by atoms with Crippen molar-refractivity contribution >= 4 is 46.2 Å². The van der Waals surface area contributed by atoms with Gasteiger partial charge < -0.3 is 15.1 Å². The molecule has 1 aliphatic heterocycles. The highest BCUT2D eigenvalue weighted by atomic mass is 35.5. The molecular formula is C16H20ClF3N2O6S2. The van der Waals surface area contributed by atoms with Crippen LogP contribution in [0.15, 0.2) is 29.2 Å². The number of piperidine rings is 1. The minimum absolute atomic E-state index is 0.0296. The van der Waals surface area contributed by atoms with Crippen molar-refractivity contribution in [3.63, 3.8) is 0 Å². The van der Waals surface area contributed by atoms with Crippen LogP contribution in [0.4, 0.5) is 13.2 Å². The van der Waals surface area contributed by atoms with E-state index in [0.717, 1.165) is 0 Å². The molecule has 1 fully saturated rings. The van der Waals surface area contributed by atoms with Gasteiger partial charge in [0.05, 0.1) is 4.90 Å². The van der Waals surface area contributed by atoms with Gasteiger partial charge in [-0.2, -0.15) is 30.5 Å². The first-order valence-corrected chi connectivity index (χ1v) is 10.6. The minimum atomic E-state index is -5.08. The molecule has 1 heterocycles. The lowest BCUT2D eigenvalue weighted by Crippen LogP contribution is -2.57. The molecule has 170 valence electrons. The molecular weight excluding hydrogens is 473 g/mol. The Bertz CT molecular complexity index is 857. The number of likely N-dealkylation sites (tertiary alicyclic amines) is 1. The SMILES string of the molecule is CN1CCC(S)([C@H](NS(=O)(=O)c2ccc(Cl)cc2)C(=O)O)CC1.O=C(O)C(F)(F)F. The molecule has 0 saturated carbocycles. The second-order valence-corrected chi connectivity index (χ2v) is 9.60. The van der Waals surface area contributed by atoms with Crippen molar-refractivity contribution in [2.75, 3.05) is 20.1 Å². The van der Waals surface area contributed by atoms with Gasteiger partial charge in [-0.05, 0) is 57.2 Å². The summed E-state index contributed by atoms with van der Waals surface area (Å²) < 4.78 is 58.0. The van der Waals surface area contributed by atoms with Crippen molar-refractivity contribution in [1.29, 1.82) is 0 Å². The number of halogens is 4. The summed E-state index contributed by atoms with van der Waals surface area (Å²) in [4.78, 5) is 22.6. The van der Waals surface area contributed by atoms with E-state index >= 15 is 0 Å². The van der Waals surface area contributed by atoms with Gasteiger partial charge >= 0.3 is 18.1 Å². The average molecular weight is 493 g/mol. The number of benzene rings is 1. The normalized spacial score (nSPS) is 18.1. The van der Waals surface area contributed by atoms with E-state index in [-0.39, 0.29) is 4.90 Å². The van der Waals surface area contributed by atoms with Crippen LogP contribution < -0.4 is 4.72 Å². The molecule has 14 heteroatoms. The van der Waals surface area contributed by atoms with E-state index in [0.29, 0.717) is 31.0 Å². The van der Waals surface area contributed by atoms with E-state index < -0.39 is 38.9 Å². The predicted octanol–water partition coefficient (Wildman–Crippen LogP) is 2.10. The Morgan fingerprint density at radius 1 is 1.20 bits per heavy atom. The van der Waals surface area contributed by atoms with Crippen LogP contribution in [0.3, 0.4) is 0 Å². The average Bonchev–Trinajstić information content (AvgIpc) is 2.62. The molecule has 1 atom stereocenters. The number of carboxylic acids is 2. The lowest BCUT2D eigenvalue weighted by Gasteiger charge is -2.40. The van der Waals surface area contributed by atoms with Gasteiger partial charge in [-0.1, -0.05) is 11.6 Å². The van der Waals surface area contributed by atoms with Crippen LogP contribution in [0.5, 0.6) is 0 Å². The molecule has 30 heavy (non-hydrogen) atoms. The number of aliphatic carboxylic acids is 2. The number of sulfonamides is 1. The molecule has 8 nitrogen and oxygen atoms in total. The van der Waals surface area contributed by atoms with Crippen LogP contribution >= 0.6 is 24.2 Å². The van der Waals surface area contributed by atoms with E-state index in [1.807, 2.05) is 7.05 Å². The maximum Gasteiger partial charge on any atom is 0.490 e. The smallest absolute Gasteiger partial charge is 0.480 e. The number of carboxylic acid groups (broad SMARTS) is 2. The maximum absolute atomic E-state index is 12.4. The van der Waals surface area contributed by atoms with Gasteiger partial charge in [0.25, 0.3) is 0 Å². The molecule has 0 aromatic heterocycles. The Morgan fingerprint density at radius 3 is 2.00 bits per heavy atom. The number of thiol groups is 1. The molecule has 0 spiro atoms. The zero-order chi connectivity index (χ0) is 23.3. The summed E-state index contributed by atoms with van der Waals surface area (Å²) >= 11 is 10.3. The van der Waals surface area contributed by atoms with Crippen LogP contribution in [-0.4, -0.2) is 72.6 Å². The van der Waals surface area contributed by atoms with E-state index in [2.05, 4.69) is 22.3 Å². The lowest BCUT2D eigenvalue weighted by atomic mass is 9.89. The fraction of sp³-hybridized carbons (Fsp3) is 0.500. The van der Waals surface area contributed by atoms with Crippen LogP contribution in [0.1, 0.15) is 12.8 Å². The van der Waals surface area contributed by atoms with E-state index in [9.17, 15) is 31.5 Å². The van der Waals surface area contributed by atoms with Crippen molar-refractivity contribution in [3.05, 3.63) is 29.3 Å². The topological polar surface area (TPSA) is 124 Å². The summed E-state index contributed by atoms with van der Waals surface area (Å²) in [6.07, 6.45) is -4.13. The van der Waals surface area contributed by atoms with Crippen molar-refractivity contribution in [3.8, 4) is 0 Å². The molecule has 0 amide bonds. The van der Waals surface area contributed by atoms with Gasteiger partial charge in [-0.3, -0.25) is 4.79 Å². The standard InChI is InChI=1S/C14H19ClN2O4S2.C2HF3O2/c1-17-8-6-14(22,7-9-17)12(13(18)19)16-23(20,21)11-4-2-10(15)3-5-11;3-2(4,5)1(6)7/h2-5,12,16,22H,6-9H2,1H3,(H,18,19);(H,6,7)/t12-;/m1./s1. The van der Waals surface area contributed by atoms with Gasteiger partial charge in [0.15, 0.2) is 0 Å². The Morgan fingerprint density at radius 2 is 1.63 bits per heavy atom. The molecule has 0 bridgehead atoms. The van der Waals surface area contributed by atoms with Crippen molar-refractivity contribution in [1.82, 2.24) is 9.62 Å². The number of nitrogens with one attached hydrogen (secondary N) is 1. The van der Waals surface area contributed by atoms with Crippen molar-refractivity contribution in [2.45, 2.75) is 34.7 Å². The fourth-order valence-electron chi connectivity index (χ4n) is 2.52. The Kier molecular flexibility index (Phi) is 8.99. The Hall–Kier alpha value is -1.54. The zero-order valence-corrected chi connectivity index (χ0v) is 18.0. The second-order valence-electron chi connectivity index (χ2n) is 6.56. The fourth-order valence-corrected chi connectivity index (χ4v) is 4.38. The van der Waals surface area contributed by atoms with Gasteiger partial charge in [0, 0.05) is 9.77 Å².